The Morgan fingerprint density at radius 1 is 1.45 bits per heavy atom. The molecular formula is C14H25N5O. The van der Waals surface area contributed by atoms with E-state index in [2.05, 4.69) is 22.2 Å². The molecule has 1 fully saturated rings. The summed E-state index contributed by atoms with van der Waals surface area (Å²) in [7, 11) is 1.74. The van der Waals surface area contributed by atoms with Gasteiger partial charge in [0.1, 0.15) is 5.69 Å². The molecule has 1 aliphatic rings. The number of nitrogens with zero attached hydrogens (tertiary/aromatic N) is 3. The number of likely N-dealkylation sites (tertiary alicyclic amines) is 1. The molecule has 0 aliphatic carbocycles. The van der Waals surface area contributed by atoms with Crippen LogP contribution in [0.3, 0.4) is 0 Å². The van der Waals surface area contributed by atoms with Gasteiger partial charge in [-0.25, -0.2) is 0 Å². The molecule has 0 spiro atoms. The lowest BCUT2D eigenvalue weighted by Gasteiger charge is -2.20. The van der Waals surface area contributed by atoms with Crippen molar-refractivity contribution in [3.05, 3.63) is 11.4 Å². The Kier molecular flexibility index (Phi) is 4.65. The lowest BCUT2D eigenvalue weighted by atomic mass is 10.1. The van der Waals surface area contributed by atoms with Gasteiger partial charge >= 0.3 is 0 Å². The number of rotatable bonds is 5. The van der Waals surface area contributed by atoms with Gasteiger partial charge in [0.2, 0.25) is 0 Å². The third-order valence-corrected chi connectivity index (χ3v) is 3.86. The number of hydrogen-bond acceptors (Lipinski definition) is 4. The van der Waals surface area contributed by atoms with Crippen molar-refractivity contribution in [2.24, 2.45) is 13.0 Å². The minimum atomic E-state index is -0.140. The van der Waals surface area contributed by atoms with Gasteiger partial charge in [0.25, 0.3) is 5.91 Å². The Balaban J connectivity index is 1.85. The quantitative estimate of drug-likeness (QED) is 0.835. The molecular weight excluding hydrogens is 254 g/mol. The summed E-state index contributed by atoms with van der Waals surface area (Å²) in [6.45, 7) is 8.05. The number of aryl methyl sites for hydroxylation is 2. The van der Waals surface area contributed by atoms with E-state index in [1.54, 1.807) is 11.7 Å². The number of carbonyl (C=O) groups is 1. The van der Waals surface area contributed by atoms with Crippen molar-refractivity contribution in [2.45, 2.75) is 26.7 Å². The summed E-state index contributed by atoms with van der Waals surface area (Å²) in [5.41, 5.74) is 7.51. The molecule has 1 atom stereocenters. The van der Waals surface area contributed by atoms with Crippen LogP contribution >= 0.6 is 0 Å². The Hall–Kier alpha value is -1.56. The summed E-state index contributed by atoms with van der Waals surface area (Å²) in [5, 5.41) is 7.13. The highest BCUT2D eigenvalue weighted by atomic mass is 16.2. The largest absolute Gasteiger partial charge is 0.395 e. The third-order valence-electron chi connectivity index (χ3n) is 3.86. The van der Waals surface area contributed by atoms with Crippen LogP contribution in [0.15, 0.2) is 0 Å². The predicted octanol–water partition coefficient (Wildman–Crippen LogP) is 0.772. The van der Waals surface area contributed by atoms with E-state index in [-0.39, 0.29) is 5.91 Å². The number of carbonyl (C=O) groups excluding carboxylic acids is 1. The first kappa shape index (κ1) is 14.8. The monoisotopic (exact) mass is 279 g/mol. The molecule has 0 bridgehead atoms. The van der Waals surface area contributed by atoms with Crippen molar-refractivity contribution in [3.63, 3.8) is 0 Å². The highest BCUT2D eigenvalue weighted by Crippen LogP contribution is 2.15. The minimum absolute atomic E-state index is 0.140. The number of nitrogen functional groups attached to an aromatic ring is 1. The maximum Gasteiger partial charge on any atom is 0.271 e. The van der Waals surface area contributed by atoms with Crippen LogP contribution in [0.4, 0.5) is 5.69 Å². The van der Waals surface area contributed by atoms with Crippen molar-refractivity contribution < 1.29 is 4.79 Å². The lowest BCUT2D eigenvalue weighted by molar-refractivity contribution is 0.0936. The standard InChI is InChI=1S/C14H25N5O/c1-10(9-19-6-4-5-7-19)8-16-14(20)13-12(15)11(2)17-18(13)3/h10H,4-9,15H2,1-3H3,(H,16,20). The number of aromatic nitrogens is 2. The molecule has 112 valence electrons. The van der Waals surface area contributed by atoms with Gasteiger partial charge in [0, 0.05) is 20.1 Å². The summed E-state index contributed by atoms with van der Waals surface area (Å²) in [6, 6.07) is 0. The van der Waals surface area contributed by atoms with E-state index in [1.807, 2.05) is 6.92 Å². The second-order valence-corrected chi connectivity index (χ2v) is 5.79. The highest BCUT2D eigenvalue weighted by molar-refractivity contribution is 5.97. The highest BCUT2D eigenvalue weighted by Gasteiger charge is 2.19. The van der Waals surface area contributed by atoms with Crippen LogP contribution in [0.1, 0.15) is 35.9 Å². The molecule has 6 nitrogen and oxygen atoms in total. The number of nitrogens with one attached hydrogen (secondary N) is 1. The normalized spacial score (nSPS) is 17.4. The molecule has 1 aromatic heterocycles. The van der Waals surface area contributed by atoms with E-state index in [4.69, 9.17) is 5.73 Å². The van der Waals surface area contributed by atoms with Crippen LogP contribution in [0, 0.1) is 12.8 Å². The molecule has 3 N–H and O–H groups in total. The maximum atomic E-state index is 12.2. The van der Waals surface area contributed by atoms with E-state index >= 15 is 0 Å². The van der Waals surface area contributed by atoms with Gasteiger partial charge in [0.15, 0.2) is 0 Å². The van der Waals surface area contributed by atoms with E-state index in [1.165, 1.54) is 25.9 Å². The van der Waals surface area contributed by atoms with Crippen molar-refractivity contribution in [1.29, 1.82) is 0 Å². The first-order valence-electron chi connectivity index (χ1n) is 7.28. The van der Waals surface area contributed by atoms with Gasteiger partial charge in [-0.3, -0.25) is 9.48 Å². The van der Waals surface area contributed by atoms with Gasteiger partial charge in [-0.1, -0.05) is 6.92 Å². The fourth-order valence-corrected chi connectivity index (χ4v) is 2.76. The topological polar surface area (TPSA) is 76.2 Å². The lowest BCUT2D eigenvalue weighted by Crippen LogP contribution is -2.35. The van der Waals surface area contributed by atoms with Crippen LogP contribution in [-0.4, -0.2) is 46.8 Å². The molecule has 2 rings (SSSR count). The second kappa shape index (κ2) is 6.26. The Morgan fingerprint density at radius 2 is 2.10 bits per heavy atom. The van der Waals surface area contributed by atoms with Gasteiger partial charge in [-0.2, -0.15) is 5.10 Å². The predicted molar refractivity (Wildman–Crippen MR) is 79.5 cm³/mol. The Bertz CT molecular complexity index is 476. The molecule has 1 amide bonds. The van der Waals surface area contributed by atoms with Crippen LogP contribution in [0.25, 0.3) is 0 Å². The summed E-state index contributed by atoms with van der Waals surface area (Å²) in [4.78, 5) is 14.6. The van der Waals surface area contributed by atoms with Gasteiger partial charge < -0.3 is 16.0 Å². The van der Waals surface area contributed by atoms with Crippen LogP contribution in [-0.2, 0) is 7.05 Å². The van der Waals surface area contributed by atoms with Gasteiger partial charge in [0.05, 0.1) is 11.4 Å². The van der Waals surface area contributed by atoms with Crippen molar-refractivity contribution in [2.75, 3.05) is 31.9 Å². The number of amides is 1. The van der Waals surface area contributed by atoms with Crippen molar-refractivity contribution in [1.82, 2.24) is 20.0 Å². The van der Waals surface area contributed by atoms with Crippen molar-refractivity contribution >= 4 is 11.6 Å². The van der Waals surface area contributed by atoms with E-state index in [0.29, 0.717) is 29.5 Å². The molecule has 0 radical (unpaired) electrons. The van der Waals surface area contributed by atoms with Crippen molar-refractivity contribution in [3.8, 4) is 0 Å². The molecule has 2 heterocycles. The van der Waals surface area contributed by atoms with E-state index in [9.17, 15) is 4.79 Å². The minimum Gasteiger partial charge on any atom is -0.395 e. The molecule has 1 aliphatic heterocycles. The fraction of sp³-hybridized carbons (Fsp3) is 0.714. The molecule has 0 aromatic carbocycles. The van der Waals surface area contributed by atoms with Crippen LogP contribution in [0.2, 0.25) is 0 Å². The SMILES string of the molecule is Cc1nn(C)c(C(=O)NCC(C)CN2CCCC2)c1N. The zero-order chi connectivity index (χ0) is 14.7. The molecule has 1 saturated heterocycles. The van der Waals surface area contributed by atoms with Gasteiger partial charge in [-0.15, -0.1) is 0 Å². The summed E-state index contributed by atoms with van der Waals surface area (Å²) >= 11 is 0. The van der Waals surface area contributed by atoms with E-state index < -0.39 is 0 Å². The zero-order valence-electron chi connectivity index (χ0n) is 12.6. The smallest absolute Gasteiger partial charge is 0.271 e. The zero-order valence-corrected chi connectivity index (χ0v) is 12.6. The molecule has 1 aromatic rings. The third kappa shape index (κ3) is 3.30. The Labute approximate surface area is 120 Å². The van der Waals surface area contributed by atoms with E-state index in [0.717, 1.165) is 6.54 Å². The summed E-state index contributed by atoms with van der Waals surface area (Å²) in [5.74, 6) is 0.298. The number of anilines is 1. The number of nitrogens with two attached hydrogens (primary N) is 1. The number of hydrogen-bond donors (Lipinski definition) is 2. The average molecular weight is 279 g/mol. The molecule has 20 heavy (non-hydrogen) atoms. The summed E-state index contributed by atoms with van der Waals surface area (Å²) in [6.07, 6.45) is 2.59. The first-order valence-corrected chi connectivity index (χ1v) is 7.28. The first-order chi connectivity index (χ1) is 9.49. The summed E-state index contributed by atoms with van der Waals surface area (Å²) < 4.78 is 1.55. The van der Waals surface area contributed by atoms with Crippen LogP contribution < -0.4 is 11.1 Å². The fourth-order valence-electron chi connectivity index (χ4n) is 2.76. The molecule has 0 saturated carbocycles. The molecule has 6 heteroatoms. The Morgan fingerprint density at radius 3 is 2.65 bits per heavy atom. The molecule has 1 unspecified atom stereocenters. The second-order valence-electron chi connectivity index (χ2n) is 5.79. The average Bonchev–Trinajstić information content (AvgIpc) is 2.96. The maximum absolute atomic E-state index is 12.2. The van der Waals surface area contributed by atoms with Crippen LogP contribution in [0.5, 0.6) is 0 Å². The van der Waals surface area contributed by atoms with Gasteiger partial charge in [-0.05, 0) is 38.8 Å².